The van der Waals surface area contributed by atoms with E-state index in [2.05, 4.69) is 196 Å². The predicted molar refractivity (Wildman–Crippen MR) is 340 cm³/mol. The summed E-state index contributed by atoms with van der Waals surface area (Å²) in [7, 11) is 0. The monoisotopic (exact) mass is 1080 g/mol. The third-order valence-electron chi connectivity index (χ3n) is 16.9. The molecule has 17 aromatic rings. The maximum absolute atomic E-state index is 7.13. The fraction of sp³-hybridized carbons (Fsp3) is 0.0135. The van der Waals surface area contributed by atoms with Gasteiger partial charge in [0.25, 0.3) is 0 Å². The molecule has 18 rings (SSSR count). The Morgan fingerprint density at radius 2 is 1.10 bits per heavy atom. The van der Waals surface area contributed by atoms with E-state index in [0.717, 1.165) is 166 Å². The third kappa shape index (κ3) is 6.94. The number of nitrogens with one attached hydrogen (secondary N) is 1. The van der Waals surface area contributed by atoms with Crippen LogP contribution in [0.4, 0.5) is 34.1 Å². The fourth-order valence-electron chi connectivity index (χ4n) is 13.1. The van der Waals surface area contributed by atoms with Gasteiger partial charge in [0.2, 0.25) is 0 Å². The summed E-state index contributed by atoms with van der Waals surface area (Å²) in [6.07, 6.45) is 13.3. The average Bonchev–Trinajstić information content (AvgIpc) is 2.43. The van der Waals surface area contributed by atoms with Gasteiger partial charge in [-0.1, -0.05) is 115 Å². The molecule has 8 heterocycles. The number of nitrogens with zero attached hydrogens (tertiary/aromatic N) is 5. The normalized spacial score (nSPS) is 12.5. The highest BCUT2D eigenvalue weighted by Crippen LogP contribution is 2.51. The second-order valence-electron chi connectivity index (χ2n) is 21.5. The molecular weight excluding hydrogens is 1040 g/mol. The van der Waals surface area contributed by atoms with Crippen LogP contribution in [-0.2, 0) is 6.54 Å². The number of rotatable bonds is 8. The first-order chi connectivity index (χ1) is 41.6. The Labute approximate surface area is 478 Å². The van der Waals surface area contributed by atoms with Gasteiger partial charge in [-0.05, 0) is 152 Å². The van der Waals surface area contributed by atoms with Crippen molar-refractivity contribution in [3.8, 4) is 22.3 Å². The van der Waals surface area contributed by atoms with E-state index >= 15 is 0 Å². The zero-order valence-electron chi connectivity index (χ0n) is 44.7. The molecule has 7 aromatic heterocycles. The Kier molecular flexibility index (Phi) is 9.92. The third-order valence-corrected chi connectivity index (χ3v) is 16.9. The summed E-state index contributed by atoms with van der Waals surface area (Å²) in [6, 6.07) is 72.9. The van der Waals surface area contributed by atoms with Crippen molar-refractivity contribution in [2.45, 2.75) is 6.54 Å². The minimum Gasteiger partial charge on any atom is -0.458 e. The summed E-state index contributed by atoms with van der Waals surface area (Å²) in [5, 5.41) is 15.8. The van der Waals surface area contributed by atoms with E-state index in [1.54, 1.807) is 12.4 Å². The number of pyridine rings is 3. The summed E-state index contributed by atoms with van der Waals surface area (Å²) in [4.78, 5) is 18.7. The summed E-state index contributed by atoms with van der Waals surface area (Å²) in [5.74, 6) is 0.896. The molecule has 394 valence electrons. The fourth-order valence-corrected chi connectivity index (χ4v) is 13.1. The van der Waals surface area contributed by atoms with Crippen LogP contribution in [0.15, 0.2) is 261 Å². The van der Waals surface area contributed by atoms with Crippen molar-refractivity contribution in [2.24, 2.45) is 0 Å². The molecule has 0 aliphatic carbocycles. The summed E-state index contributed by atoms with van der Waals surface area (Å²) >= 11 is 0. The maximum atomic E-state index is 7.13. The highest BCUT2D eigenvalue weighted by atomic mass is 16.3. The molecule has 0 atom stereocenters. The van der Waals surface area contributed by atoms with Gasteiger partial charge in [-0.3, -0.25) is 15.0 Å². The SMILES string of the molecule is C1=Cc2c(oc3cccc(N(c4ccc5ccc6c(-c7ccc(N(c8ccc9cc(-c%10ccccc%10)ccc9c8)c8ccnc9c8oc8ccccc89)c8c7oc7ccncc78)cccc6c5c4)c4cccc5c4oc4cnccc45)c23)CN1. The zero-order chi connectivity index (χ0) is 55.0. The van der Waals surface area contributed by atoms with Gasteiger partial charge in [-0.25, -0.2) is 0 Å². The lowest BCUT2D eigenvalue weighted by molar-refractivity contribution is 0.532. The highest BCUT2D eigenvalue weighted by Gasteiger charge is 2.29. The number of furan rings is 4. The average molecular weight is 1080 g/mol. The number of hydrogen-bond acceptors (Lipinski definition) is 10. The molecule has 1 aliphatic rings. The van der Waals surface area contributed by atoms with Crippen molar-refractivity contribution in [3.63, 3.8) is 0 Å². The number of anilines is 6. The standard InChI is InChI=1S/C74H44N6O4/c1-2-9-43(10-3-1)45-19-20-47-38-48(25-22-46(47)37-45)79(63-31-36-78-71-57-11-4-5-17-64(57)83-74(63)71)61-28-27-55(73-70(61)59-40-75-35-32-65(59)82-73)50-12-6-13-51-52(50)26-23-44-21-24-49(39-58(44)51)80(60-15-8-18-66-69(60)56-30-34-77-42-68(56)81-66)62-16-7-14-54-53-29-33-76-41-67(53)84-72(54)62/h1-41,77H,42H2. The zero-order valence-corrected chi connectivity index (χ0v) is 44.7. The molecule has 0 bridgehead atoms. The first-order valence-corrected chi connectivity index (χ1v) is 28.1. The van der Waals surface area contributed by atoms with E-state index < -0.39 is 0 Å². The van der Waals surface area contributed by atoms with Crippen LogP contribution < -0.4 is 15.1 Å². The molecule has 10 nitrogen and oxygen atoms in total. The Bertz CT molecular complexity index is 5620. The minimum absolute atomic E-state index is 0.604. The molecule has 0 unspecified atom stereocenters. The van der Waals surface area contributed by atoms with Crippen LogP contribution in [0.3, 0.4) is 0 Å². The Morgan fingerprint density at radius 3 is 2.05 bits per heavy atom. The van der Waals surface area contributed by atoms with Crippen molar-refractivity contribution in [2.75, 3.05) is 9.80 Å². The smallest absolute Gasteiger partial charge is 0.177 e. The van der Waals surface area contributed by atoms with E-state index in [0.29, 0.717) is 12.1 Å². The number of hydrogen-bond donors (Lipinski definition) is 1. The van der Waals surface area contributed by atoms with Crippen LogP contribution in [0, 0.1) is 0 Å². The van der Waals surface area contributed by atoms with Crippen LogP contribution in [0.25, 0.3) is 138 Å². The van der Waals surface area contributed by atoms with Crippen molar-refractivity contribution in [3.05, 3.63) is 255 Å². The quantitative estimate of drug-likeness (QED) is 0.148. The van der Waals surface area contributed by atoms with Crippen LogP contribution in [-0.4, -0.2) is 15.0 Å². The lowest BCUT2D eigenvalue weighted by Gasteiger charge is -2.27. The van der Waals surface area contributed by atoms with Gasteiger partial charge in [-0.15, -0.1) is 0 Å². The van der Waals surface area contributed by atoms with Crippen LogP contribution >= 0.6 is 0 Å². The lowest BCUT2D eigenvalue weighted by Crippen LogP contribution is -2.12. The van der Waals surface area contributed by atoms with Gasteiger partial charge in [0.15, 0.2) is 16.7 Å². The highest BCUT2D eigenvalue weighted by molar-refractivity contribution is 6.22. The number of benzene rings is 10. The van der Waals surface area contributed by atoms with Crippen LogP contribution in [0.1, 0.15) is 11.3 Å². The van der Waals surface area contributed by atoms with E-state index in [4.69, 9.17) is 27.6 Å². The van der Waals surface area contributed by atoms with E-state index in [1.807, 2.05) is 61.2 Å². The Hall–Kier alpha value is -11.5. The number of fused-ring (bicyclic) bond motifs is 16. The van der Waals surface area contributed by atoms with E-state index in [1.165, 1.54) is 5.56 Å². The number of para-hydroxylation sites is 2. The van der Waals surface area contributed by atoms with Crippen LogP contribution in [0.2, 0.25) is 0 Å². The van der Waals surface area contributed by atoms with Gasteiger partial charge in [0.05, 0.1) is 46.3 Å². The first kappa shape index (κ1) is 46.3. The maximum Gasteiger partial charge on any atom is 0.177 e. The van der Waals surface area contributed by atoms with E-state index in [-0.39, 0.29) is 0 Å². The Morgan fingerprint density at radius 1 is 0.381 bits per heavy atom. The van der Waals surface area contributed by atoms with E-state index in [9.17, 15) is 0 Å². The predicted octanol–water partition coefficient (Wildman–Crippen LogP) is 20.1. The minimum atomic E-state index is 0.604. The second kappa shape index (κ2) is 18.0. The first-order valence-electron chi connectivity index (χ1n) is 28.1. The van der Waals surface area contributed by atoms with Gasteiger partial charge >= 0.3 is 0 Å². The molecule has 1 aliphatic heterocycles. The van der Waals surface area contributed by atoms with Gasteiger partial charge in [0.1, 0.15) is 33.6 Å². The second-order valence-corrected chi connectivity index (χ2v) is 21.5. The molecular formula is C74H44N6O4. The van der Waals surface area contributed by atoms with Crippen LogP contribution in [0.5, 0.6) is 0 Å². The van der Waals surface area contributed by atoms with Crippen molar-refractivity contribution in [1.29, 1.82) is 0 Å². The topological polar surface area (TPSA) is 110 Å². The Balaban J connectivity index is 0.845. The molecule has 0 spiro atoms. The van der Waals surface area contributed by atoms with Crippen molar-refractivity contribution < 1.29 is 17.7 Å². The molecule has 0 saturated heterocycles. The molecule has 0 amide bonds. The largest absolute Gasteiger partial charge is 0.458 e. The molecule has 1 N–H and O–H groups in total. The molecule has 0 radical (unpaired) electrons. The van der Waals surface area contributed by atoms with Gasteiger partial charge in [-0.2, -0.15) is 0 Å². The van der Waals surface area contributed by atoms with Crippen molar-refractivity contribution >= 4 is 149 Å². The lowest BCUT2D eigenvalue weighted by atomic mass is 9.93. The van der Waals surface area contributed by atoms with Gasteiger partial charge in [0, 0.05) is 68.8 Å². The molecule has 10 heteroatoms. The number of aromatic nitrogens is 3. The summed E-state index contributed by atoms with van der Waals surface area (Å²) in [6.45, 7) is 0.604. The summed E-state index contributed by atoms with van der Waals surface area (Å²) < 4.78 is 27.2. The summed E-state index contributed by atoms with van der Waals surface area (Å²) in [5.41, 5.74) is 16.9. The van der Waals surface area contributed by atoms with Crippen molar-refractivity contribution in [1.82, 2.24) is 20.3 Å². The molecule has 84 heavy (non-hydrogen) atoms. The van der Waals surface area contributed by atoms with Gasteiger partial charge < -0.3 is 32.8 Å². The molecule has 0 saturated carbocycles. The molecule has 10 aromatic carbocycles. The molecule has 0 fully saturated rings.